The number of benzene rings is 1. The highest BCUT2D eigenvalue weighted by Crippen LogP contribution is 2.30. The molecule has 1 N–H and O–H groups in total. The van der Waals surface area contributed by atoms with E-state index in [1.807, 2.05) is 37.4 Å². The third-order valence-corrected chi connectivity index (χ3v) is 7.43. The van der Waals surface area contributed by atoms with Crippen molar-refractivity contribution in [2.24, 2.45) is 11.8 Å². The summed E-state index contributed by atoms with van der Waals surface area (Å²) in [5.74, 6) is 0.149. The number of hydrogen-bond donors (Lipinski definition) is 1. The monoisotopic (exact) mass is 392 g/mol. The first-order valence-electron chi connectivity index (χ1n) is 9.64. The van der Waals surface area contributed by atoms with Crippen LogP contribution in [-0.4, -0.2) is 49.7 Å². The Hall–Kier alpha value is -1.89. The summed E-state index contributed by atoms with van der Waals surface area (Å²) in [7, 11) is -1.16. The normalized spacial score (nSPS) is 27.1. The maximum Gasteiger partial charge on any atom is 0.225 e. The highest BCUT2D eigenvalue weighted by molar-refractivity contribution is 7.91. The van der Waals surface area contributed by atoms with Crippen LogP contribution in [0.25, 0.3) is 0 Å². The molecule has 1 saturated heterocycles. The number of sulfone groups is 1. The van der Waals surface area contributed by atoms with Gasteiger partial charge in [0.25, 0.3) is 0 Å². The Labute approximate surface area is 161 Å². The molecule has 1 atom stereocenters. The van der Waals surface area contributed by atoms with Gasteiger partial charge in [-0.15, -0.1) is 0 Å². The van der Waals surface area contributed by atoms with E-state index in [1.165, 1.54) is 0 Å². The van der Waals surface area contributed by atoms with Gasteiger partial charge in [0, 0.05) is 31.5 Å². The van der Waals surface area contributed by atoms with E-state index in [1.54, 1.807) is 4.90 Å². The van der Waals surface area contributed by atoms with Crippen LogP contribution in [0.1, 0.15) is 37.7 Å². The van der Waals surface area contributed by atoms with Gasteiger partial charge in [0.05, 0.1) is 11.5 Å². The van der Waals surface area contributed by atoms with Crippen LogP contribution in [0.3, 0.4) is 0 Å². The molecule has 2 fully saturated rings. The molecule has 0 aromatic heterocycles. The highest BCUT2D eigenvalue weighted by Gasteiger charge is 2.34. The standard InChI is InChI=1S/C20H28N2O4S/c1-22(13-15-5-3-2-4-6-15)20(24)17-9-7-16(8-10-17)19(23)21-18-11-12-27(25,26)14-18/h2-6,16-18H,7-14H2,1H3,(H,21,23). The predicted molar refractivity (Wildman–Crippen MR) is 104 cm³/mol. The van der Waals surface area contributed by atoms with E-state index in [-0.39, 0.29) is 41.2 Å². The largest absolute Gasteiger partial charge is 0.352 e. The molecule has 1 unspecified atom stereocenters. The van der Waals surface area contributed by atoms with E-state index < -0.39 is 9.84 Å². The Balaban J connectivity index is 1.45. The number of hydrogen-bond acceptors (Lipinski definition) is 4. The van der Waals surface area contributed by atoms with Crippen LogP contribution < -0.4 is 5.32 Å². The zero-order valence-corrected chi connectivity index (χ0v) is 16.6. The molecule has 1 saturated carbocycles. The summed E-state index contributed by atoms with van der Waals surface area (Å²) in [6, 6.07) is 9.65. The summed E-state index contributed by atoms with van der Waals surface area (Å²) >= 11 is 0. The van der Waals surface area contributed by atoms with E-state index in [0.717, 1.165) is 5.56 Å². The van der Waals surface area contributed by atoms with Gasteiger partial charge in [0.2, 0.25) is 11.8 Å². The Kier molecular flexibility index (Phi) is 6.19. The van der Waals surface area contributed by atoms with Crippen molar-refractivity contribution in [2.75, 3.05) is 18.6 Å². The van der Waals surface area contributed by atoms with Crippen LogP contribution in [-0.2, 0) is 26.0 Å². The summed E-state index contributed by atoms with van der Waals surface area (Å²) in [6.07, 6.45) is 3.28. The van der Waals surface area contributed by atoms with E-state index >= 15 is 0 Å². The van der Waals surface area contributed by atoms with Gasteiger partial charge in [0.15, 0.2) is 9.84 Å². The minimum Gasteiger partial charge on any atom is -0.352 e. The summed E-state index contributed by atoms with van der Waals surface area (Å²) in [5.41, 5.74) is 1.10. The third-order valence-electron chi connectivity index (χ3n) is 5.66. The van der Waals surface area contributed by atoms with Crippen LogP contribution in [0.15, 0.2) is 30.3 Å². The molecule has 1 aliphatic heterocycles. The van der Waals surface area contributed by atoms with Crippen molar-refractivity contribution in [3.63, 3.8) is 0 Å². The number of nitrogens with zero attached hydrogens (tertiary/aromatic N) is 1. The quantitative estimate of drug-likeness (QED) is 0.828. The van der Waals surface area contributed by atoms with Crippen LogP contribution in [0, 0.1) is 11.8 Å². The molecule has 148 valence electrons. The minimum atomic E-state index is -2.99. The molecule has 1 aromatic rings. The molecule has 2 amide bonds. The molecule has 0 spiro atoms. The van der Waals surface area contributed by atoms with Gasteiger partial charge in [-0.25, -0.2) is 8.42 Å². The maximum atomic E-state index is 12.7. The van der Waals surface area contributed by atoms with Crippen molar-refractivity contribution in [2.45, 2.75) is 44.7 Å². The van der Waals surface area contributed by atoms with Crippen LogP contribution >= 0.6 is 0 Å². The predicted octanol–water partition coefficient (Wildman–Crippen LogP) is 1.75. The van der Waals surface area contributed by atoms with Crippen molar-refractivity contribution in [1.29, 1.82) is 0 Å². The Morgan fingerprint density at radius 3 is 2.26 bits per heavy atom. The minimum absolute atomic E-state index is 0.0328. The second kappa shape index (κ2) is 8.42. The molecular formula is C20H28N2O4S. The lowest BCUT2D eigenvalue weighted by molar-refractivity contribution is -0.137. The Morgan fingerprint density at radius 1 is 1.04 bits per heavy atom. The average molecular weight is 393 g/mol. The summed E-state index contributed by atoms with van der Waals surface area (Å²) < 4.78 is 23.0. The second-order valence-electron chi connectivity index (χ2n) is 7.84. The number of nitrogens with one attached hydrogen (secondary N) is 1. The van der Waals surface area contributed by atoms with Gasteiger partial charge < -0.3 is 10.2 Å². The first-order valence-corrected chi connectivity index (χ1v) is 11.5. The summed E-state index contributed by atoms with van der Waals surface area (Å²) in [5, 5.41) is 2.89. The third kappa shape index (κ3) is 5.31. The van der Waals surface area contributed by atoms with Gasteiger partial charge in [-0.3, -0.25) is 9.59 Å². The highest BCUT2D eigenvalue weighted by atomic mass is 32.2. The lowest BCUT2D eigenvalue weighted by Gasteiger charge is -2.30. The lowest BCUT2D eigenvalue weighted by Crippen LogP contribution is -2.42. The van der Waals surface area contributed by atoms with Crippen molar-refractivity contribution in [3.05, 3.63) is 35.9 Å². The lowest BCUT2D eigenvalue weighted by atomic mass is 9.80. The first kappa shape index (κ1) is 19.9. The van der Waals surface area contributed by atoms with E-state index in [0.29, 0.717) is 38.6 Å². The topological polar surface area (TPSA) is 83.6 Å². The fraction of sp³-hybridized carbons (Fsp3) is 0.600. The van der Waals surface area contributed by atoms with Crippen molar-refractivity contribution >= 4 is 21.7 Å². The number of rotatable bonds is 5. The van der Waals surface area contributed by atoms with Gasteiger partial charge in [-0.05, 0) is 37.7 Å². The molecule has 6 nitrogen and oxygen atoms in total. The fourth-order valence-corrected chi connectivity index (χ4v) is 5.75. The number of carbonyl (C=O) groups is 2. The molecule has 1 heterocycles. The molecule has 0 radical (unpaired) electrons. The SMILES string of the molecule is CN(Cc1ccccc1)C(=O)C1CCC(C(=O)NC2CCS(=O)(=O)C2)CC1. The number of amides is 2. The molecule has 7 heteroatoms. The zero-order chi connectivity index (χ0) is 19.4. The summed E-state index contributed by atoms with van der Waals surface area (Å²) in [6.45, 7) is 0.593. The van der Waals surface area contributed by atoms with Crippen molar-refractivity contribution in [1.82, 2.24) is 10.2 Å². The van der Waals surface area contributed by atoms with Crippen LogP contribution in [0.2, 0.25) is 0 Å². The number of carbonyl (C=O) groups excluding carboxylic acids is 2. The smallest absolute Gasteiger partial charge is 0.225 e. The van der Waals surface area contributed by atoms with Crippen molar-refractivity contribution < 1.29 is 18.0 Å². The van der Waals surface area contributed by atoms with Gasteiger partial charge in [-0.1, -0.05) is 30.3 Å². The molecule has 0 bridgehead atoms. The van der Waals surface area contributed by atoms with E-state index in [2.05, 4.69) is 5.32 Å². The molecule has 27 heavy (non-hydrogen) atoms. The van der Waals surface area contributed by atoms with Gasteiger partial charge in [0.1, 0.15) is 0 Å². The Bertz CT molecular complexity index is 770. The van der Waals surface area contributed by atoms with E-state index in [4.69, 9.17) is 0 Å². The summed E-state index contributed by atoms with van der Waals surface area (Å²) in [4.78, 5) is 26.9. The van der Waals surface area contributed by atoms with Crippen molar-refractivity contribution in [3.8, 4) is 0 Å². The van der Waals surface area contributed by atoms with Gasteiger partial charge >= 0.3 is 0 Å². The molecule has 1 aliphatic carbocycles. The first-order chi connectivity index (χ1) is 12.8. The molecular weight excluding hydrogens is 364 g/mol. The van der Waals surface area contributed by atoms with Crippen LogP contribution in [0.4, 0.5) is 0 Å². The molecule has 3 rings (SSSR count). The molecule has 2 aliphatic rings. The van der Waals surface area contributed by atoms with Crippen LogP contribution in [0.5, 0.6) is 0 Å². The fourth-order valence-electron chi connectivity index (χ4n) is 4.08. The maximum absolute atomic E-state index is 12.7. The van der Waals surface area contributed by atoms with E-state index in [9.17, 15) is 18.0 Å². The second-order valence-corrected chi connectivity index (χ2v) is 10.1. The molecule has 1 aromatic carbocycles. The average Bonchev–Trinajstić information content (AvgIpc) is 3.00. The zero-order valence-electron chi connectivity index (χ0n) is 15.8. The Morgan fingerprint density at radius 2 is 1.67 bits per heavy atom. The van der Waals surface area contributed by atoms with Gasteiger partial charge in [-0.2, -0.15) is 0 Å².